The summed E-state index contributed by atoms with van der Waals surface area (Å²) in [5.74, 6) is -0.859. The van der Waals surface area contributed by atoms with E-state index in [0.717, 1.165) is 37.3 Å². The molecule has 1 N–H and O–H groups in total. The number of hydrogen-bond donors (Lipinski definition) is 1. The van der Waals surface area contributed by atoms with E-state index in [1.54, 1.807) is 0 Å². The minimum absolute atomic E-state index is 0.0726. The fourth-order valence-electron chi connectivity index (χ4n) is 3.73. The van der Waals surface area contributed by atoms with E-state index < -0.39 is 11.6 Å². The number of amides is 2. The molecule has 1 fully saturated rings. The zero-order valence-electron chi connectivity index (χ0n) is 17.5. The average molecular weight is 430 g/mol. The van der Waals surface area contributed by atoms with E-state index in [1.165, 1.54) is 6.07 Å². The van der Waals surface area contributed by atoms with Crippen molar-refractivity contribution in [3.63, 3.8) is 0 Å². The smallest absolute Gasteiger partial charge is 0.226 e. The average Bonchev–Trinajstić information content (AvgIpc) is 2.79. The number of piperidine rings is 1. The normalized spacial score (nSPS) is 16.1. The molecule has 2 aromatic rings. The lowest BCUT2D eigenvalue weighted by molar-refractivity contribution is -0.133. The van der Waals surface area contributed by atoms with Gasteiger partial charge in [0.05, 0.1) is 13.0 Å². The summed E-state index contributed by atoms with van der Waals surface area (Å²) >= 11 is 0. The molecule has 0 bridgehead atoms. The van der Waals surface area contributed by atoms with E-state index in [9.17, 15) is 18.4 Å². The maximum absolute atomic E-state index is 13.2. The topological polar surface area (TPSA) is 58.6 Å². The number of carbonyl (C=O) groups is 2. The van der Waals surface area contributed by atoms with Gasteiger partial charge in [-0.2, -0.15) is 0 Å². The second-order valence-electron chi connectivity index (χ2n) is 7.82. The van der Waals surface area contributed by atoms with E-state index in [0.29, 0.717) is 38.0 Å². The van der Waals surface area contributed by atoms with Crippen molar-refractivity contribution in [2.45, 2.75) is 38.6 Å². The van der Waals surface area contributed by atoms with E-state index >= 15 is 0 Å². The quantitative estimate of drug-likeness (QED) is 0.653. The van der Waals surface area contributed by atoms with E-state index in [1.807, 2.05) is 35.2 Å². The summed E-state index contributed by atoms with van der Waals surface area (Å²) in [6, 6.07) is 13.0. The van der Waals surface area contributed by atoms with Gasteiger partial charge in [-0.05, 0) is 55.0 Å². The predicted octanol–water partition coefficient (Wildman–Crippen LogP) is 4.07. The summed E-state index contributed by atoms with van der Waals surface area (Å²) < 4.78 is 31.8. The van der Waals surface area contributed by atoms with Crippen LogP contribution in [0.1, 0.15) is 37.7 Å². The highest BCUT2D eigenvalue weighted by Gasteiger charge is 2.24. The molecule has 166 valence electrons. The Morgan fingerprint density at radius 1 is 1.06 bits per heavy atom. The molecule has 2 amide bonds. The van der Waals surface area contributed by atoms with Gasteiger partial charge in [-0.1, -0.05) is 24.3 Å². The van der Waals surface area contributed by atoms with Gasteiger partial charge in [-0.25, -0.2) is 8.78 Å². The van der Waals surface area contributed by atoms with Crippen LogP contribution in [0, 0.1) is 17.6 Å². The van der Waals surface area contributed by atoms with Gasteiger partial charge in [-0.15, -0.1) is 0 Å². The van der Waals surface area contributed by atoms with Crippen molar-refractivity contribution >= 4 is 11.8 Å². The molecule has 0 radical (unpaired) electrons. The van der Waals surface area contributed by atoms with Crippen LogP contribution in [0.4, 0.5) is 8.78 Å². The number of halogens is 2. The summed E-state index contributed by atoms with van der Waals surface area (Å²) in [6.07, 6.45) is 3.27. The second kappa shape index (κ2) is 11.4. The molecule has 0 spiro atoms. The highest BCUT2D eigenvalue weighted by atomic mass is 19.2. The number of carbonyl (C=O) groups excluding carboxylic acids is 2. The van der Waals surface area contributed by atoms with Gasteiger partial charge in [0.1, 0.15) is 5.75 Å². The maximum Gasteiger partial charge on any atom is 0.226 e. The molecular formula is C24H28F2N2O3. The fraction of sp³-hybridized carbons (Fsp3) is 0.417. The van der Waals surface area contributed by atoms with E-state index in [2.05, 4.69) is 5.32 Å². The molecule has 1 heterocycles. The minimum Gasteiger partial charge on any atom is -0.493 e. The number of ether oxygens (including phenoxy) is 1. The Bertz CT molecular complexity index is 876. The first-order valence-electron chi connectivity index (χ1n) is 10.7. The summed E-state index contributed by atoms with van der Waals surface area (Å²) in [4.78, 5) is 26.5. The second-order valence-corrected chi connectivity index (χ2v) is 7.82. The highest BCUT2D eigenvalue weighted by molar-refractivity contribution is 5.77. The Kier molecular flexibility index (Phi) is 8.38. The summed E-state index contributed by atoms with van der Waals surface area (Å²) in [5, 5.41) is 2.74. The van der Waals surface area contributed by atoms with Gasteiger partial charge in [0, 0.05) is 26.1 Å². The lowest BCUT2D eigenvalue weighted by Crippen LogP contribution is -2.40. The van der Waals surface area contributed by atoms with Crippen molar-refractivity contribution in [3.05, 3.63) is 65.7 Å². The molecule has 1 saturated heterocycles. The van der Waals surface area contributed by atoms with Gasteiger partial charge in [0.25, 0.3) is 0 Å². The number of rotatable bonds is 9. The zero-order valence-corrected chi connectivity index (χ0v) is 17.5. The van der Waals surface area contributed by atoms with Crippen LogP contribution >= 0.6 is 0 Å². The third kappa shape index (κ3) is 7.35. The van der Waals surface area contributed by atoms with Gasteiger partial charge in [-0.3, -0.25) is 9.59 Å². The summed E-state index contributed by atoms with van der Waals surface area (Å²) in [5.41, 5.74) is 0.513. The molecule has 2 aromatic carbocycles. The lowest BCUT2D eigenvalue weighted by Gasteiger charge is -2.33. The van der Waals surface area contributed by atoms with Crippen molar-refractivity contribution in [3.8, 4) is 5.75 Å². The first kappa shape index (κ1) is 22.7. The molecule has 1 aliphatic rings. The van der Waals surface area contributed by atoms with Crippen molar-refractivity contribution in [2.24, 2.45) is 5.92 Å². The van der Waals surface area contributed by atoms with Crippen molar-refractivity contribution < 1.29 is 23.1 Å². The number of para-hydroxylation sites is 1. The summed E-state index contributed by atoms with van der Waals surface area (Å²) in [6.45, 7) is 1.90. The summed E-state index contributed by atoms with van der Waals surface area (Å²) in [7, 11) is 0. The Balaban J connectivity index is 1.35. The van der Waals surface area contributed by atoms with Crippen LogP contribution in [0.2, 0.25) is 0 Å². The Hall–Kier alpha value is -2.96. The van der Waals surface area contributed by atoms with E-state index in [-0.39, 0.29) is 24.3 Å². The number of likely N-dealkylation sites (tertiary alicyclic amines) is 1. The molecule has 31 heavy (non-hydrogen) atoms. The Morgan fingerprint density at radius 3 is 2.65 bits per heavy atom. The van der Waals surface area contributed by atoms with Crippen LogP contribution in [-0.2, 0) is 16.1 Å². The molecule has 3 rings (SSSR count). The SMILES string of the molecule is O=C(CC[C@@H]1CCCN(C(=O)CCOc2ccccc2)C1)NCc1ccc(F)c(F)c1. The minimum atomic E-state index is -0.923. The number of nitrogens with one attached hydrogen (secondary N) is 1. The molecule has 0 aliphatic carbocycles. The van der Waals surface area contributed by atoms with Gasteiger partial charge in [0.15, 0.2) is 11.6 Å². The van der Waals surface area contributed by atoms with Gasteiger partial charge in [0.2, 0.25) is 11.8 Å². The molecule has 0 unspecified atom stereocenters. The third-order valence-electron chi connectivity index (χ3n) is 5.45. The number of hydrogen-bond acceptors (Lipinski definition) is 3. The monoisotopic (exact) mass is 430 g/mol. The predicted molar refractivity (Wildman–Crippen MR) is 113 cm³/mol. The third-order valence-corrected chi connectivity index (χ3v) is 5.45. The van der Waals surface area contributed by atoms with Crippen LogP contribution in [0.15, 0.2) is 48.5 Å². The molecular weight excluding hydrogens is 402 g/mol. The van der Waals surface area contributed by atoms with Crippen LogP contribution in [0.25, 0.3) is 0 Å². The van der Waals surface area contributed by atoms with Crippen LogP contribution < -0.4 is 10.1 Å². The highest BCUT2D eigenvalue weighted by Crippen LogP contribution is 2.22. The standard InChI is InChI=1S/C24H28F2N2O3/c25-21-10-8-19(15-22(21)26)16-27-23(29)11-9-18-5-4-13-28(17-18)24(30)12-14-31-20-6-2-1-3-7-20/h1-3,6-8,10,15,18H,4-5,9,11-14,16-17H2,(H,27,29)/t18-/m0/s1. The zero-order chi connectivity index (χ0) is 22.1. The van der Waals surface area contributed by atoms with Gasteiger partial charge >= 0.3 is 0 Å². The van der Waals surface area contributed by atoms with E-state index in [4.69, 9.17) is 4.74 Å². The van der Waals surface area contributed by atoms with Crippen molar-refractivity contribution in [1.82, 2.24) is 10.2 Å². The number of nitrogens with zero attached hydrogens (tertiary/aromatic N) is 1. The molecule has 1 atom stereocenters. The van der Waals surface area contributed by atoms with Crippen molar-refractivity contribution in [2.75, 3.05) is 19.7 Å². The molecule has 0 saturated carbocycles. The molecule has 0 aromatic heterocycles. The lowest BCUT2D eigenvalue weighted by atomic mass is 9.93. The largest absolute Gasteiger partial charge is 0.493 e. The maximum atomic E-state index is 13.2. The fourth-order valence-corrected chi connectivity index (χ4v) is 3.73. The van der Waals surface area contributed by atoms with Crippen LogP contribution in [0.5, 0.6) is 5.75 Å². The van der Waals surface area contributed by atoms with Crippen molar-refractivity contribution in [1.29, 1.82) is 0 Å². The molecule has 1 aliphatic heterocycles. The first-order valence-corrected chi connectivity index (χ1v) is 10.7. The van der Waals surface area contributed by atoms with Crippen LogP contribution in [0.3, 0.4) is 0 Å². The first-order chi connectivity index (χ1) is 15.0. The number of benzene rings is 2. The van der Waals surface area contributed by atoms with Crippen LogP contribution in [-0.4, -0.2) is 36.4 Å². The Morgan fingerprint density at radius 2 is 1.87 bits per heavy atom. The molecule has 5 nitrogen and oxygen atoms in total. The van der Waals surface area contributed by atoms with Gasteiger partial charge < -0.3 is 15.0 Å². The Labute approximate surface area is 181 Å². The molecule has 7 heteroatoms.